The van der Waals surface area contributed by atoms with E-state index in [1.54, 1.807) is 13.8 Å². The highest BCUT2D eigenvalue weighted by atomic mass is 16.8. The molecule has 2 heterocycles. The summed E-state index contributed by atoms with van der Waals surface area (Å²) in [5.74, 6) is -0.809. The number of methoxy groups -OCH3 is 1. The van der Waals surface area contributed by atoms with Crippen LogP contribution in [0.15, 0.2) is 5.11 Å². The summed E-state index contributed by atoms with van der Waals surface area (Å²) in [6.07, 6.45) is -3.29. The molecule has 102 valence electrons. The van der Waals surface area contributed by atoms with E-state index in [1.807, 2.05) is 0 Å². The number of aliphatic hydroxyl groups excluding tert-OH is 1. The van der Waals surface area contributed by atoms with Crippen molar-refractivity contribution < 1.29 is 24.1 Å². The third-order valence-electron chi connectivity index (χ3n) is 3.01. The second-order valence-corrected chi connectivity index (χ2v) is 4.75. The first kappa shape index (κ1) is 13.5. The maximum Gasteiger partial charge on any atom is 0.186 e. The zero-order valence-electron chi connectivity index (χ0n) is 10.5. The van der Waals surface area contributed by atoms with E-state index in [2.05, 4.69) is 10.0 Å². The van der Waals surface area contributed by atoms with Gasteiger partial charge in [0.05, 0.1) is 12.6 Å². The topological polar surface area (TPSA) is 106 Å². The van der Waals surface area contributed by atoms with Crippen LogP contribution in [0.25, 0.3) is 10.4 Å². The smallest absolute Gasteiger partial charge is 0.186 e. The molecule has 0 radical (unpaired) electrons. The normalized spacial score (nSPS) is 42.1. The lowest BCUT2D eigenvalue weighted by molar-refractivity contribution is -0.266. The van der Waals surface area contributed by atoms with Crippen LogP contribution < -0.4 is 0 Å². The van der Waals surface area contributed by atoms with Crippen LogP contribution in [0.2, 0.25) is 0 Å². The minimum absolute atomic E-state index is 0.101. The number of rotatable bonds is 3. The summed E-state index contributed by atoms with van der Waals surface area (Å²) < 4.78 is 21.9. The van der Waals surface area contributed by atoms with Gasteiger partial charge >= 0.3 is 0 Å². The highest BCUT2D eigenvalue weighted by Crippen LogP contribution is 2.37. The van der Waals surface area contributed by atoms with Gasteiger partial charge in [-0.1, -0.05) is 5.11 Å². The van der Waals surface area contributed by atoms with Gasteiger partial charge in [-0.2, -0.15) is 0 Å². The molecule has 0 unspecified atom stereocenters. The van der Waals surface area contributed by atoms with Crippen LogP contribution in [-0.2, 0) is 18.9 Å². The van der Waals surface area contributed by atoms with Crippen molar-refractivity contribution in [1.82, 2.24) is 0 Å². The van der Waals surface area contributed by atoms with Gasteiger partial charge in [-0.05, 0) is 19.4 Å². The molecule has 1 N–H and O–H groups in total. The van der Waals surface area contributed by atoms with E-state index in [0.29, 0.717) is 0 Å². The lowest BCUT2D eigenvalue weighted by atomic mass is 9.99. The fraction of sp³-hybridized carbons (Fsp3) is 1.00. The van der Waals surface area contributed by atoms with E-state index in [4.69, 9.17) is 24.5 Å². The number of hydrogen-bond acceptors (Lipinski definition) is 6. The second-order valence-electron chi connectivity index (χ2n) is 4.75. The second kappa shape index (κ2) is 5.00. The van der Waals surface area contributed by atoms with Gasteiger partial charge in [-0.3, -0.25) is 0 Å². The lowest BCUT2D eigenvalue weighted by Crippen LogP contribution is -2.57. The van der Waals surface area contributed by atoms with Gasteiger partial charge in [0, 0.05) is 12.0 Å². The molecule has 2 rings (SSSR count). The predicted molar refractivity (Wildman–Crippen MR) is 59.5 cm³/mol. The van der Waals surface area contributed by atoms with E-state index >= 15 is 0 Å². The molecule has 8 heteroatoms. The Labute approximate surface area is 104 Å². The molecule has 0 amide bonds. The standard InChI is InChI=1S/C10H17N3O5/c1-10(2)17-7-5(4-12-13-11)16-9(15-3)6(14)8(7)18-10/h5-9,14H,4H2,1-3H3/t5-,6-,7+,8-,9+/m1/s1. The minimum Gasteiger partial charge on any atom is -0.385 e. The van der Waals surface area contributed by atoms with Crippen LogP contribution in [-0.4, -0.2) is 55.3 Å². The molecule has 8 nitrogen and oxygen atoms in total. The van der Waals surface area contributed by atoms with Crippen molar-refractivity contribution in [2.75, 3.05) is 13.7 Å². The van der Waals surface area contributed by atoms with Crippen LogP contribution in [0.5, 0.6) is 0 Å². The number of nitrogens with zero attached hydrogens (tertiary/aromatic N) is 3. The van der Waals surface area contributed by atoms with Gasteiger partial charge < -0.3 is 24.1 Å². The van der Waals surface area contributed by atoms with Gasteiger partial charge in [0.1, 0.15) is 18.3 Å². The van der Waals surface area contributed by atoms with E-state index in [0.717, 1.165) is 0 Å². The zero-order chi connectivity index (χ0) is 13.3. The van der Waals surface area contributed by atoms with Crippen LogP contribution in [0.1, 0.15) is 13.8 Å². The Morgan fingerprint density at radius 3 is 2.67 bits per heavy atom. The molecule has 0 aromatic heterocycles. The summed E-state index contributed by atoms with van der Waals surface area (Å²) in [4.78, 5) is 2.70. The highest BCUT2D eigenvalue weighted by molar-refractivity contribution is 4.97. The summed E-state index contributed by atoms with van der Waals surface area (Å²) in [5, 5.41) is 13.5. The molecule has 0 saturated carbocycles. The number of hydrogen-bond donors (Lipinski definition) is 1. The highest BCUT2D eigenvalue weighted by Gasteiger charge is 2.54. The van der Waals surface area contributed by atoms with Crippen LogP contribution in [0.4, 0.5) is 0 Å². The first-order valence-electron chi connectivity index (χ1n) is 5.71. The Bertz CT molecular complexity index is 357. The first-order chi connectivity index (χ1) is 8.48. The Hall–Kier alpha value is -0.890. The van der Waals surface area contributed by atoms with Crippen molar-refractivity contribution in [3.63, 3.8) is 0 Å². The molecule has 5 atom stereocenters. The SMILES string of the molecule is CO[C@H]1O[C@H](CN=[N+]=[N-])[C@@H]2OC(C)(C)O[C@@H]2[C@H]1O. The first-order valence-corrected chi connectivity index (χ1v) is 5.71. The van der Waals surface area contributed by atoms with E-state index in [1.165, 1.54) is 7.11 Å². The summed E-state index contributed by atoms with van der Waals surface area (Å²) in [5.41, 5.74) is 8.37. The summed E-state index contributed by atoms with van der Waals surface area (Å²) in [6.45, 7) is 3.61. The van der Waals surface area contributed by atoms with Crippen LogP contribution in [0, 0.1) is 0 Å². The van der Waals surface area contributed by atoms with Gasteiger partial charge in [-0.25, -0.2) is 0 Å². The van der Waals surface area contributed by atoms with Gasteiger partial charge in [0.2, 0.25) is 0 Å². The fourth-order valence-electron chi connectivity index (χ4n) is 2.31. The summed E-state index contributed by atoms with van der Waals surface area (Å²) in [6, 6.07) is 0. The Morgan fingerprint density at radius 2 is 2.06 bits per heavy atom. The van der Waals surface area contributed by atoms with Crippen LogP contribution in [0.3, 0.4) is 0 Å². The third kappa shape index (κ3) is 2.44. The Morgan fingerprint density at radius 1 is 1.39 bits per heavy atom. The van der Waals surface area contributed by atoms with Crippen molar-refractivity contribution in [2.24, 2.45) is 5.11 Å². The summed E-state index contributed by atoms with van der Waals surface area (Å²) in [7, 11) is 1.43. The molecule has 2 fully saturated rings. The Balaban J connectivity index is 2.18. The maximum atomic E-state index is 10.1. The molecule has 0 aromatic rings. The Kier molecular flexibility index (Phi) is 3.76. The average Bonchev–Trinajstić information content (AvgIpc) is 2.65. The van der Waals surface area contributed by atoms with Gasteiger partial charge in [-0.15, -0.1) is 0 Å². The molecular formula is C10H17N3O5. The summed E-state index contributed by atoms with van der Waals surface area (Å²) >= 11 is 0. The van der Waals surface area contributed by atoms with Crippen molar-refractivity contribution in [3.8, 4) is 0 Å². The number of ether oxygens (including phenoxy) is 4. The monoisotopic (exact) mass is 259 g/mol. The molecule has 2 saturated heterocycles. The minimum atomic E-state index is -0.941. The van der Waals surface area contributed by atoms with E-state index < -0.39 is 36.5 Å². The molecule has 0 aromatic carbocycles. The molecule has 2 aliphatic rings. The largest absolute Gasteiger partial charge is 0.385 e. The lowest BCUT2D eigenvalue weighted by Gasteiger charge is -2.38. The predicted octanol–water partition coefficient (Wildman–Crippen LogP) is 0.549. The zero-order valence-corrected chi connectivity index (χ0v) is 10.5. The van der Waals surface area contributed by atoms with Crippen molar-refractivity contribution in [1.29, 1.82) is 0 Å². The number of aliphatic hydroxyl groups is 1. The number of fused-ring (bicyclic) bond motifs is 1. The average molecular weight is 259 g/mol. The fourth-order valence-corrected chi connectivity index (χ4v) is 2.31. The quantitative estimate of drug-likeness (QED) is 0.452. The van der Waals surface area contributed by atoms with Crippen molar-refractivity contribution in [2.45, 2.75) is 50.3 Å². The molecule has 0 spiro atoms. The van der Waals surface area contributed by atoms with E-state index in [-0.39, 0.29) is 6.54 Å². The van der Waals surface area contributed by atoms with Crippen molar-refractivity contribution in [3.05, 3.63) is 10.4 Å². The molecule has 18 heavy (non-hydrogen) atoms. The molecule has 0 aliphatic carbocycles. The third-order valence-corrected chi connectivity index (χ3v) is 3.01. The molecule has 0 bridgehead atoms. The molecule has 2 aliphatic heterocycles. The molecular weight excluding hydrogens is 242 g/mol. The van der Waals surface area contributed by atoms with Gasteiger partial charge in [0.25, 0.3) is 0 Å². The van der Waals surface area contributed by atoms with Crippen molar-refractivity contribution >= 4 is 0 Å². The van der Waals surface area contributed by atoms with E-state index in [9.17, 15) is 5.11 Å². The van der Waals surface area contributed by atoms with Gasteiger partial charge in [0.15, 0.2) is 12.1 Å². The maximum absolute atomic E-state index is 10.1. The van der Waals surface area contributed by atoms with Crippen LogP contribution >= 0.6 is 0 Å². The number of azide groups is 1.